The third kappa shape index (κ3) is 4.09. The lowest BCUT2D eigenvalue weighted by Crippen LogP contribution is -2.28. The highest BCUT2D eigenvalue weighted by Gasteiger charge is 2.30. The molecule has 0 saturated carbocycles. The van der Waals surface area contributed by atoms with Crippen LogP contribution in [0.2, 0.25) is 0 Å². The van der Waals surface area contributed by atoms with Gasteiger partial charge in [-0.2, -0.15) is 0 Å². The second-order valence-corrected chi connectivity index (χ2v) is 4.77. The topological polar surface area (TPSA) is 43.7 Å². The minimum absolute atomic E-state index is 0.534. The Morgan fingerprint density at radius 3 is 2.27 bits per heavy atom. The molecule has 3 nitrogen and oxygen atoms in total. The van der Waals surface area contributed by atoms with E-state index in [4.69, 9.17) is 0 Å². The molecular weight excluding hydrogens is 190 g/mol. The van der Waals surface area contributed by atoms with Crippen LogP contribution in [0.4, 0.5) is 0 Å². The van der Waals surface area contributed by atoms with Gasteiger partial charge in [0.15, 0.2) is 0 Å². The molecule has 0 radical (unpaired) electrons. The molecule has 1 fully saturated rings. The Labute approximate surface area is 93.1 Å². The van der Waals surface area contributed by atoms with Gasteiger partial charge < -0.3 is 10.2 Å². The molecule has 0 bridgehead atoms. The van der Waals surface area contributed by atoms with Gasteiger partial charge in [0, 0.05) is 19.6 Å². The molecule has 2 N–H and O–H groups in total. The molecule has 1 rings (SSSR count). The van der Waals surface area contributed by atoms with E-state index < -0.39 is 12.2 Å². The second kappa shape index (κ2) is 6.46. The number of hydrogen-bond acceptors (Lipinski definition) is 3. The van der Waals surface area contributed by atoms with Crippen molar-refractivity contribution in [3.63, 3.8) is 0 Å². The minimum atomic E-state index is -0.534. The number of nitrogens with zero attached hydrogens (tertiary/aromatic N) is 1. The van der Waals surface area contributed by atoms with E-state index in [-0.39, 0.29) is 0 Å². The van der Waals surface area contributed by atoms with E-state index in [1.165, 1.54) is 25.7 Å². The Bertz CT molecular complexity index is 165. The average Bonchev–Trinajstić information content (AvgIpc) is 2.53. The van der Waals surface area contributed by atoms with E-state index in [1.807, 2.05) is 0 Å². The molecule has 1 aliphatic rings. The van der Waals surface area contributed by atoms with E-state index in [2.05, 4.69) is 18.7 Å². The zero-order chi connectivity index (χ0) is 11.3. The predicted molar refractivity (Wildman–Crippen MR) is 61.8 cm³/mol. The molecule has 1 aliphatic heterocycles. The van der Waals surface area contributed by atoms with Crippen molar-refractivity contribution in [1.82, 2.24) is 4.90 Å². The van der Waals surface area contributed by atoms with E-state index in [1.54, 1.807) is 0 Å². The number of hydrogen-bond donors (Lipinski definition) is 2. The lowest BCUT2D eigenvalue weighted by Gasteiger charge is -2.22. The lowest BCUT2D eigenvalue weighted by molar-refractivity contribution is 0.0572. The summed E-state index contributed by atoms with van der Waals surface area (Å²) in [5, 5.41) is 18.9. The van der Waals surface area contributed by atoms with Crippen LogP contribution in [-0.2, 0) is 0 Å². The van der Waals surface area contributed by atoms with Gasteiger partial charge in [-0.1, -0.05) is 33.1 Å². The summed E-state index contributed by atoms with van der Waals surface area (Å²) >= 11 is 0. The van der Waals surface area contributed by atoms with Crippen LogP contribution in [0.25, 0.3) is 0 Å². The van der Waals surface area contributed by atoms with E-state index in [9.17, 15) is 10.2 Å². The van der Waals surface area contributed by atoms with Crippen LogP contribution >= 0.6 is 0 Å². The molecule has 3 atom stereocenters. The SMILES string of the molecule is CCCCC(CC)CN1C[C@@H](O)[C@@H](O)C1. The van der Waals surface area contributed by atoms with Gasteiger partial charge in [-0.05, 0) is 12.3 Å². The second-order valence-electron chi connectivity index (χ2n) is 4.77. The zero-order valence-corrected chi connectivity index (χ0v) is 10.0. The van der Waals surface area contributed by atoms with Gasteiger partial charge in [0.05, 0.1) is 12.2 Å². The first-order chi connectivity index (χ1) is 7.17. The predicted octanol–water partition coefficient (Wildman–Crippen LogP) is 1.24. The Kier molecular flexibility index (Phi) is 5.58. The number of unbranched alkanes of at least 4 members (excludes halogenated alkanes) is 1. The lowest BCUT2D eigenvalue weighted by atomic mass is 9.99. The summed E-state index contributed by atoms with van der Waals surface area (Å²) in [5.74, 6) is 0.724. The van der Waals surface area contributed by atoms with Crippen LogP contribution in [0.15, 0.2) is 0 Å². The highest BCUT2D eigenvalue weighted by molar-refractivity contribution is 4.84. The molecule has 0 aromatic heterocycles. The van der Waals surface area contributed by atoms with Gasteiger partial charge >= 0.3 is 0 Å². The third-order valence-corrected chi connectivity index (χ3v) is 3.39. The fraction of sp³-hybridized carbons (Fsp3) is 1.00. The summed E-state index contributed by atoms with van der Waals surface area (Å²) in [7, 11) is 0. The van der Waals surface area contributed by atoms with Crippen LogP contribution in [-0.4, -0.2) is 47.0 Å². The minimum Gasteiger partial charge on any atom is -0.389 e. The Morgan fingerprint density at radius 1 is 1.20 bits per heavy atom. The summed E-state index contributed by atoms with van der Waals surface area (Å²) in [6.07, 6.45) is 3.94. The molecule has 0 aliphatic carbocycles. The summed E-state index contributed by atoms with van der Waals surface area (Å²) in [6.45, 7) is 6.76. The average molecular weight is 215 g/mol. The number of likely N-dealkylation sites (tertiary alicyclic amines) is 1. The monoisotopic (exact) mass is 215 g/mol. The Hall–Kier alpha value is -0.120. The first-order valence-corrected chi connectivity index (χ1v) is 6.25. The fourth-order valence-electron chi connectivity index (χ4n) is 2.28. The van der Waals surface area contributed by atoms with E-state index in [0.717, 1.165) is 12.5 Å². The van der Waals surface area contributed by atoms with E-state index >= 15 is 0 Å². The summed E-state index contributed by atoms with van der Waals surface area (Å²) in [4.78, 5) is 2.19. The molecule has 0 aromatic rings. The van der Waals surface area contributed by atoms with Crippen molar-refractivity contribution in [2.45, 2.75) is 51.7 Å². The molecule has 1 heterocycles. The summed E-state index contributed by atoms with van der Waals surface area (Å²) in [6, 6.07) is 0. The molecule has 1 unspecified atom stereocenters. The maximum atomic E-state index is 9.44. The van der Waals surface area contributed by atoms with Crippen molar-refractivity contribution in [3.8, 4) is 0 Å². The number of aliphatic hydroxyl groups excluding tert-OH is 2. The molecule has 0 aromatic carbocycles. The van der Waals surface area contributed by atoms with Crippen LogP contribution in [0.5, 0.6) is 0 Å². The van der Waals surface area contributed by atoms with Gasteiger partial charge in [-0.25, -0.2) is 0 Å². The van der Waals surface area contributed by atoms with Crippen molar-refractivity contribution in [2.75, 3.05) is 19.6 Å². The van der Waals surface area contributed by atoms with Crippen LogP contribution < -0.4 is 0 Å². The van der Waals surface area contributed by atoms with Gasteiger partial charge in [-0.3, -0.25) is 4.90 Å². The van der Waals surface area contributed by atoms with Crippen LogP contribution in [0.3, 0.4) is 0 Å². The van der Waals surface area contributed by atoms with Gasteiger partial charge in [0.1, 0.15) is 0 Å². The highest BCUT2D eigenvalue weighted by atomic mass is 16.3. The molecule has 3 heteroatoms. The van der Waals surface area contributed by atoms with Crippen LogP contribution in [0, 0.1) is 5.92 Å². The first-order valence-electron chi connectivity index (χ1n) is 6.25. The summed E-state index contributed by atoms with van der Waals surface area (Å²) < 4.78 is 0. The van der Waals surface area contributed by atoms with Gasteiger partial charge in [0.2, 0.25) is 0 Å². The zero-order valence-electron chi connectivity index (χ0n) is 10.0. The molecule has 0 spiro atoms. The maximum absolute atomic E-state index is 9.44. The quantitative estimate of drug-likeness (QED) is 0.700. The molecule has 0 amide bonds. The third-order valence-electron chi connectivity index (χ3n) is 3.39. The fourth-order valence-corrected chi connectivity index (χ4v) is 2.28. The van der Waals surface area contributed by atoms with Crippen molar-refractivity contribution in [1.29, 1.82) is 0 Å². The van der Waals surface area contributed by atoms with Crippen LogP contribution in [0.1, 0.15) is 39.5 Å². The van der Waals surface area contributed by atoms with E-state index in [0.29, 0.717) is 13.1 Å². The molecule has 90 valence electrons. The van der Waals surface area contributed by atoms with Gasteiger partial charge in [0.25, 0.3) is 0 Å². The highest BCUT2D eigenvalue weighted by Crippen LogP contribution is 2.18. The Balaban J connectivity index is 2.26. The molecular formula is C12H25NO2. The smallest absolute Gasteiger partial charge is 0.0938 e. The van der Waals surface area contributed by atoms with Crippen molar-refractivity contribution in [2.24, 2.45) is 5.92 Å². The first kappa shape index (κ1) is 12.9. The standard InChI is InChI=1S/C12H25NO2/c1-3-5-6-10(4-2)7-13-8-11(14)12(15)9-13/h10-12,14-15H,3-9H2,1-2H3/t10?,11-,12+. The number of β-amino-alcohol motifs (C(OH)–C–C–N with tert-alkyl or cyclic N) is 2. The Morgan fingerprint density at radius 2 is 1.80 bits per heavy atom. The number of rotatable bonds is 6. The summed E-state index contributed by atoms with van der Waals surface area (Å²) in [5.41, 5.74) is 0. The number of aliphatic hydroxyl groups is 2. The molecule has 1 saturated heterocycles. The largest absolute Gasteiger partial charge is 0.389 e. The van der Waals surface area contributed by atoms with Gasteiger partial charge in [-0.15, -0.1) is 0 Å². The van der Waals surface area contributed by atoms with Crippen molar-refractivity contribution < 1.29 is 10.2 Å². The normalized spacial score (nSPS) is 29.6. The maximum Gasteiger partial charge on any atom is 0.0938 e. The molecule has 15 heavy (non-hydrogen) atoms. The van der Waals surface area contributed by atoms with Crippen molar-refractivity contribution >= 4 is 0 Å². The van der Waals surface area contributed by atoms with Crippen molar-refractivity contribution in [3.05, 3.63) is 0 Å².